The molecule has 0 saturated carbocycles. The van der Waals surface area contributed by atoms with E-state index < -0.39 is 9.84 Å². The molecule has 0 unspecified atom stereocenters. The standard InChI is InChI=1S/C32H29N3O3S/c1-23-13-15-25(16-14-23)29-30(26-17-19-28(20-18-26)39(2,37)38)34-35(22-21-24-9-5-3-6-10-24)31(29)32(36)33-27-11-7-4-8-12-27/h3-20H,21-22H2,1-2H3,(H,33,36). The molecule has 0 aliphatic rings. The number of amides is 1. The Balaban J connectivity index is 1.67. The molecule has 196 valence electrons. The van der Waals surface area contributed by atoms with Gasteiger partial charge in [0.25, 0.3) is 5.91 Å². The van der Waals surface area contributed by atoms with E-state index in [-0.39, 0.29) is 10.8 Å². The highest BCUT2D eigenvalue weighted by molar-refractivity contribution is 7.90. The predicted molar refractivity (Wildman–Crippen MR) is 155 cm³/mol. The summed E-state index contributed by atoms with van der Waals surface area (Å²) in [6, 6.07) is 34.1. The largest absolute Gasteiger partial charge is 0.321 e. The van der Waals surface area contributed by atoms with Crippen LogP contribution < -0.4 is 5.32 Å². The van der Waals surface area contributed by atoms with Crippen LogP contribution in [0.3, 0.4) is 0 Å². The molecule has 39 heavy (non-hydrogen) atoms. The number of hydrogen-bond acceptors (Lipinski definition) is 4. The highest BCUT2D eigenvalue weighted by Gasteiger charge is 2.26. The molecule has 0 saturated heterocycles. The van der Waals surface area contributed by atoms with E-state index in [1.54, 1.807) is 28.9 Å². The summed E-state index contributed by atoms with van der Waals surface area (Å²) in [5.74, 6) is -0.267. The Morgan fingerprint density at radius 2 is 1.38 bits per heavy atom. The fraction of sp³-hybridized carbons (Fsp3) is 0.125. The number of hydrogen-bond donors (Lipinski definition) is 1. The highest BCUT2D eigenvalue weighted by Crippen LogP contribution is 2.36. The van der Waals surface area contributed by atoms with Crippen LogP contribution in [0, 0.1) is 6.92 Å². The molecule has 0 atom stereocenters. The average molecular weight is 536 g/mol. The third kappa shape index (κ3) is 5.99. The van der Waals surface area contributed by atoms with Gasteiger partial charge >= 0.3 is 0 Å². The highest BCUT2D eigenvalue weighted by atomic mass is 32.2. The quantitative estimate of drug-likeness (QED) is 0.248. The van der Waals surface area contributed by atoms with Crippen LogP contribution in [-0.4, -0.2) is 30.4 Å². The monoisotopic (exact) mass is 535 g/mol. The van der Waals surface area contributed by atoms with Crippen molar-refractivity contribution < 1.29 is 13.2 Å². The Morgan fingerprint density at radius 1 is 0.795 bits per heavy atom. The minimum absolute atomic E-state index is 0.230. The number of carbonyl (C=O) groups excluding carboxylic acids is 1. The zero-order valence-corrected chi connectivity index (χ0v) is 22.7. The van der Waals surface area contributed by atoms with Crippen molar-refractivity contribution in [1.29, 1.82) is 0 Å². The van der Waals surface area contributed by atoms with Gasteiger partial charge in [-0.1, -0.05) is 90.5 Å². The molecule has 1 amide bonds. The first-order valence-corrected chi connectivity index (χ1v) is 14.6. The van der Waals surface area contributed by atoms with E-state index in [2.05, 4.69) is 17.4 Å². The zero-order valence-electron chi connectivity index (χ0n) is 21.8. The lowest BCUT2D eigenvalue weighted by atomic mass is 9.97. The Morgan fingerprint density at radius 3 is 2.00 bits per heavy atom. The molecule has 0 radical (unpaired) electrons. The zero-order chi connectivity index (χ0) is 27.4. The van der Waals surface area contributed by atoms with E-state index in [9.17, 15) is 13.2 Å². The lowest BCUT2D eigenvalue weighted by molar-refractivity contribution is 0.101. The lowest BCUT2D eigenvalue weighted by Crippen LogP contribution is -2.19. The number of para-hydroxylation sites is 1. The fourth-order valence-electron chi connectivity index (χ4n) is 4.50. The molecule has 4 aromatic carbocycles. The van der Waals surface area contributed by atoms with E-state index in [0.29, 0.717) is 35.6 Å². The van der Waals surface area contributed by atoms with Gasteiger partial charge in [-0.2, -0.15) is 5.10 Å². The average Bonchev–Trinajstić information content (AvgIpc) is 3.33. The molecule has 1 N–H and O–H groups in total. The van der Waals surface area contributed by atoms with Gasteiger partial charge in [-0.15, -0.1) is 0 Å². The second kappa shape index (κ2) is 11.1. The summed E-state index contributed by atoms with van der Waals surface area (Å²) in [7, 11) is -3.35. The van der Waals surface area contributed by atoms with Crippen molar-refractivity contribution in [1.82, 2.24) is 9.78 Å². The molecular formula is C32H29N3O3S. The molecule has 0 spiro atoms. The number of rotatable bonds is 8. The summed E-state index contributed by atoms with van der Waals surface area (Å²) in [4.78, 5) is 14.1. The van der Waals surface area contributed by atoms with E-state index >= 15 is 0 Å². The maximum Gasteiger partial charge on any atom is 0.274 e. The number of anilines is 1. The smallest absolute Gasteiger partial charge is 0.274 e. The van der Waals surface area contributed by atoms with Gasteiger partial charge in [0.1, 0.15) is 11.4 Å². The summed E-state index contributed by atoms with van der Waals surface area (Å²) < 4.78 is 25.9. The number of nitrogens with one attached hydrogen (secondary N) is 1. The third-order valence-electron chi connectivity index (χ3n) is 6.55. The predicted octanol–water partition coefficient (Wildman–Crippen LogP) is 6.42. The summed E-state index contributed by atoms with van der Waals surface area (Å²) in [6.07, 6.45) is 1.87. The molecule has 7 heteroatoms. The molecule has 6 nitrogen and oxygen atoms in total. The summed E-state index contributed by atoms with van der Waals surface area (Å²) in [5, 5.41) is 7.99. The van der Waals surface area contributed by atoms with Crippen LogP contribution in [-0.2, 0) is 22.8 Å². The van der Waals surface area contributed by atoms with E-state index in [1.165, 1.54) is 6.26 Å². The molecule has 0 fully saturated rings. The minimum Gasteiger partial charge on any atom is -0.321 e. The molecule has 1 heterocycles. The molecule has 0 aliphatic heterocycles. The number of aromatic nitrogens is 2. The first-order valence-electron chi connectivity index (χ1n) is 12.7. The lowest BCUT2D eigenvalue weighted by Gasteiger charge is -2.11. The Kier molecular flexibility index (Phi) is 7.43. The van der Waals surface area contributed by atoms with Crippen LogP contribution in [0.5, 0.6) is 0 Å². The molecule has 0 bridgehead atoms. The van der Waals surface area contributed by atoms with Gasteiger partial charge < -0.3 is 5.32 Å². The Labute approximate surface area is 228 Å². The molecule has 5 aromatic rings. The Bertz CT molecular complexity index is 1690. The SMILES string of the molecule is Cc1ccc(-c2c(-c3ccc(S(C)(=O)=O)cc3)nn(CCc3ccccc3)c2C(=O)Nc2ccccc2)cc1. The van der Waals surface area contributed by atoms with Gasteiger partial charge in [-0.3, -0.25) is 9.48 Å². The van der Waals surface area contributed by atoms with Gasteiger partial charge in [-0.05, 0) is 48.7 Å². The number of nitrogens with zero attached hydrogens (tertiary/aromatic N) is 2. The number of carbonyl (C=O) groups is 1. The third-order valence-corrected chi connectivity index (χ3v) is 7.68. The number of aryl methyl sites for hydroxylation is 3. The second-order valence-electron chi connectivity index (χ2n) is 9.51. The van der Waals surface area contributed by atoms with Crippen molar-refractivity contribution >= 4 is 21.4 Å². The van der Waals surface area contributed by atoms with E-state index in [4.69, 9.17) is 5.10 Å². The van der Waals surface area contributed by atoms with Gasteiger partial charge in [0.05, 0.1) is 4.90 Å². The van der Waals surface area contributed by atoms with Gasteiger partial charge in [0.15, 0.2) is 9.84 Å². The van der Waals surface area contributed by atoms with Crippen molar-refractivity contribution in [3.05, 3.63) is 126 Å². The van der Waals surface area contributed by atoms with Crippen molar-refractivity contribution in [2.75, 3.05) is 11.6 Å². The van der Waals surface area contributed by atoms with E-state index in [1.807, 2.05) is 79.7 Å². The van der Waals surface area contributed by atoms with Crippen LogP contribution in [0.25, 0.3) is 22.4 Å². The van der Waals surface area contributed by atoms with Crippen molar-refractivity contribution in [3.63, 3.8) is 0 Å². The van der Waals surface area contributed by atoms with Crippen LogP contribution in [0.1, 0.15) is 21.6 Å². The molecule has 5 rings (SSSR count). The molecule has 0 aliphatic carbocycles. The van der Waals surface area contributed by atoms with Crippen LogP contribution in [0.15, 0.2) is 114 Å². The van der Waals surface area contributed by atoms with E-state index in [0.717, 1.165) is 22.3 Å². The van der Waals surface area contributed by atoms with Gasteiger partial charge in [0, 0.05) is 29.6 Å². The first kappa shape index (κ1) is 26.1. The van der Waals surface area contributed by atoms with Crippen LogP contribution >= 0.6 is 0 Å². The first-order chi connectivity index (χ1) is 18.8. The van der Waals surface area contributed by atoms with Crippen molar-refractivity contribution in [2.24, 2.45) is 0 Å². The fourth-order valence-corrected chi connectivity index (χ4v) is 5.13. The maximum atomic E-state index is 13.9. The number of benzene rings is 4. The van der Waals surface area contributed by atoms with Crippen LogP contribution in [0.4, 0.5) is 5.69 Å². The summed E-state index contributed by atoms with van der Waals surface area (Å²) in [6.45, 7) is 2.50. The normalized spacial score (nSPS) is 11.3. The van der Waals surface area contributed by atoms with Crippen molar-refractivity contribution in [2.45, 2.75) is 24.8 Å². The van der Waals surface area contributed by atoms with Gasteiger partial charge in [0.2, 0.25) is 0 Å². The summed E-state index contributed by atoms with van der Waals surface area (Å²) in [5.41, 5.74) is 6.27. The van der Waals surface area contributed by atoms with Crippen molar-refractivity contribution in [3.8, 4) is 22.4 Å². The topological polar surface area (TPSA) is 81.1 Å². The maximum absolute atomic E-state index is 13.9. The number of sulfone groups is 1. The minimum atomic E-state index is -3.35. The Hall–Kier alpha value is -4.49. The molecular weight excluding hydrogens is 506 g/mol. The van der Waals surface area contributed by atoms with Gasteiger partial charge in [-0.25, -0.2) is 8.42 Å². The molecule has 1 aromatic heterocycles. The summed E-state index contributed by atoms with van der Waals surface area (Å²) >= 11 is 0. The van der Waals surface area contributed by atoms with Crippen LogP contribution in [0.2, 0.25) is 0 Å². The second-order valence-corrected chi connectivity index (χ2v) is 11.5.